The topological polar surface area (TPSA) is 3.24 Å². The minimum atomic E-state index is 0.936. The Morgan fingerprint density at radius 3 is 2.47 bits per heavy atom. The van der Waals surface area contributed by atoms with Crippen LogP contribution in [0.15, 0.2) is 18.2 Å². The number of likely N-dealkylation sites (tertiary alicyclic amines) is 1. The van der Waals surface area contributed by atoms with E-state index in [4.69, 9.17) is 0 Å². The Bertz CT molecular complexity index is 389. The van der Waals surface area contributed by atoms with Crippen LogP contribution >= 0.6 is 0 Å². The van der Waals surface area contributed by atoms with Gasteiger partial charge in [0, 0.05) is 6.54 Å². The summed E-state index contributed by atoms with van der Waals surface area (Å²) in [5, 5.41) is 0. The highest BCUT2D eigenvalue weighted by molar-refractivity contribution is 5.35. The van der Waals surface area contributed by atoms with Crippen molar-refractivity contribution >= 4 is 0 Å². The van der Waals surface area contributed by atoms with Crippen LogP contribution in [-0.4, -0.2) is 18.0 Å². The van der Waals surface area contributed by atoms with Gasteiger partial charge in [-0.2, -0.15) is 0 Å². The Labute approximate surface area is 119 Å². The van der Waals surface area contributed by atoms with Crippen molar-refractivity contribution in [1.29, 1.82) is 0 Å². The summed E-state index contributed by atoms with van der Waals surface area (Å²) in [7, 11) is 0. The monoisotopic (exact) mass is 259 g/mol. The van der Waals surface area contributed by atoms with Crippen molar-refractivity contribution in [2.75, 3.05) is 13.1 Å². The maximum Gasteiger partial charge on any atom is 0.0233 e. The lowest BCUT2D eigenvalue weighted by molar-refractivity contribution is 0.185. The van der Waals surface area contributed by atoms with Crippen LogP contribution in [0.25, 0.3) is 0 Å². The summed E-state index contributed by atoms with van der Waals surface area (Å²) in [6, 6.07) is 7.17. The molecule has 106 valence electrons. The van der Waals surface area contributed by atoms with E-state index >= 15 is 0 Å². The molecule has 19 heavy (non-hydrogen) atoms. The molecule has 1 saturated heterocycles. The number of nitrogens with zero attached hydrogens (tertiary/aromatic N) is 1. The SMILES string of the molecule is CC.CC1CCN(Cc2ccc3c(c2)CCC3)CC1. The number of benzene rings is 1. The quantitative estimate of drug-likeness (QED) is 0.759. The predicted octanol–water partition coefficient (Wildman–Crippen LogP) is 4.43. The summed E-state index contributed by atoms with van der Waals surface area (Å²) < 4.78 is 0. The van der Waals surface area contributed by atoms with E-state index in [1.807, 2.05) is 13.8 Å². The third-order valence-electron chi connectivity index (χ3n) is 4.45. The molecule has 2 aliphatic rings. The van der Waals surface area contributed by atoms with Gasteiger partial charge in [0.15, 0.2) is 0 Å². The molecule has 0 bridgehead atoms. The van der Waals surface area contributed by atoms with Crippen LogP contribution in [0.4, 0.5) is 0 Å². The molecule has 1 aromatic rings. The van der Waals surface area contributed by atoms with Crippen molar-refractivity contribution < 1.29 is 0 Å². The Morgan fingerprint density at radius 1 is 1.05 bits per heavy atom. The van der Waals surface area contributed by atoms with Gasteiger partial charge in [-0.05, 0) is 67.8 Å². The molecule has 0 radical (unpaired) electrons. The highest BCUT2D eigenvalue weighted by atomic mass is 15.1. The van der Waals surface area contributed by atoms with Crippen molar-refractivity contribution in [2.24, 2.45) is 5.92 Å². The van der Waals surface area contributed by atoms with Crippen molar-refractivity contribution in [2.45, 2.75) is 59.4 Å². The Morgan fingerprint density at radius 2 is 1.74 bits per heavy atom. The Hall–Kier alpha value is -0.820. The van der Waals surface area contributed by atoms with Crippen molar-refractivity contribution in [1.82, 2.24) is 4.90 Å². The second-order valence-electron chi connectivity index (χ2n) is 5.92. The zero-order valence-corrected chi connectivity index (χ0v) is 12.9. The molecule has 0 spiro atoms. The fourth-order valence-corrected chi connectivity index (χ4v) is 3.20. The summed E-state index contributed by atoms with van der Waals surface area (Å²) in [6.07, 6.45) is 6.73. The first kappa shape index (κ1) is 14.6. The van der Waals surface area contributed by atoms with Crippen LogP contribution in [0.1, 0.15) is 56.7 Å². The molecule has 0 atom stereocenters. The van der Waals surface area contributed by atoms with E-state index in [0.29, 0.717) is 0 Å². The molecule has 3 rings (SSSR count). The largest absolute Gasteiger partial charge is 0.299 e. The molecular formula is C18H29N. The average molecular weight is 259 g/mol. The average Bonchev–Trinajstić information content (AvgIpc) is 2.91. The highest BCUT2D eigenvalue weighted by Crippen LogP contribution is 2.24. The minimum Gasteiger partial charge on any atom is -0.299 e. The molecule has 1 heterocycles. The second kappa shape index (κ2) is 7.09. The first-order valence-electron chi connectivity index (χ1n) is 8.14. The van der Waals surface area contributed by atoms with Gasteiger partial charge in [-0.3, -0.25) is 4.90 Å². The molecule has 1 heteroatoms. The zero-order chi connectivity index (χ0) is 13.7. The summed E-state index contributed by atoms with van der Waals surface area (Å²) >= 11 is 0. The first-order valence-corrected chi connectivity index (χ1v) is 8.14. The van der Waals surface area contributed by atoms with Crippen LogP contribution in [0.2, 0.25) is 0 Å². The van der Waals surface area contributed by atoms with Crippen molar-refractivity contribution in [3.63, 3.8) is 0 Å². The second-order valence-corrected chi connectivity index (χ2v) is 5.92. The lowest BCUT2D eigenvalue weighted by atomic mass is 9.98. The lowest BCUT2D eigenvalue weighted by Gasteiger charge is -2.30. The number of aryl methyl sites for hydroxylation is 2. The summed E-state index contributed by atoms with van der Waals surface area (Å²) in [5.41, 5.74) is 4.74. The van der Waals surface area contributed by atoms with Crippen LogP contribution in [-0.2, 0) is 19.4 Å². The number of hydrogen-bond acceptors (Lipinski definition) is 1. The van der Waals surface area contributed by atoms with Crippen molar-refractivity contribution in [3.05, 3.63) is 34.9 Å². The van der Waals surface area contributed by atoms with E-state index < -0.39 is 0 Å². The summed E-state index contributed by atoms with van der Waals surface area (Å²) in [6.45, 7) is 10.1. The Balaban J connectivity index is 0.000000637. The molecule has 0 aromatic heterocycles. The number of piperidine rings is 1. The van der Waals surface area contributed by atoms with Crippen LogP contribution in [0.3, 0.4) is 0 Å². The molecule has 1 aromatic carbocycles. The van der Waals surface area contributed by atoms with Gasteiger partial charge in [0.05, 0.1) is 0 Å². The molecule has 0 saturated carbocycles. The molecule has 1 aliphatic heterocycles. The van der Waals surface area contributed by atoms with E-state index in [9.17, 15) is 0 Å². The van der Waals surface area contributed by atoms with Gasteiger partial charge < -0.3 is 0 Å². The third-order valence-corrected chi connectivity index (χ3v) is 4.45. The molecule has 0 amide bonds. The predicted molar refractivity (Wildman–Crippen MR) is 83.5 cm³/mol. The normalized spacial score (nSPS) is 19.7. The van der Waals surface area contributed by atoms with Gasteiger partial charge in [-0.1, -0.05) is 39.0 Å². The molecule has 1 fully saturated rings. The van der Waals surface area contributed by atoms with Gasteiger partial charge >= 0.3 is 0 Å². The van der Waals surface area contributed by atoms with E-state index in [2.05, 4.69) is 30.0 Å². The summed E-state index contributed by atoms with van der Waals surface area (Å²) in [5.74, 6) is 0.936. The van der Waals surface area contributed by atoms with Gasteiger partial charge in [-0.25, -0.2) is 0 Å². The lowest BCUT2D eigenvalue weighted by Crippen LogP contribution is -2.32. The van der Waals surface area contributed by atoms with Crippen LogP contribution in [0, 0.1) is 5.92 Å². The smallest absolute Gasteiger partial charge is 0.0233 e. The van der Waals surface area contributed by atoms with E-state index in [1.54, 1.807) is 11.1 Å². The van der Waals surface area contributed by atoms with Crippen LogP contribution < -0.4 is 0 Å². The van der Waals surface area contributed by atoms with Gasteiger partial charge in [0.2, 0.25) is 0 Å². The maximum absolute atomic E-state index is 2.62. The van der Waals surface area contributed by atoms with Gasteiger partial charge in [-0.15, -0.1) is 0 Å². The molecule has 1 nitrogen and oxygen atoms in total. The van der Waals surface area contributed by atoms with E-state index in [-0.39, 0.29) is 0 Å². The highest BCUT2D eigenvalue weighted by Gasteiger charge is 2.16. The van der Waals surface area contributed by atoms with E-state index in [1.165, 1.54) is 57.3 Å². The van der Waals surface area contributed by atoms with Gasteiger partial charge in [0.25, 0.3) is 0 Å². The third kappa shape index (κ3) is 3.82. The zero-order valence-electron chi connectivity index (χ0n) is 12.9. The number of fused-ring (bicyclic) bond motifs is 1. The molecule has 0 unspecified atom stereocenters. The molecular weight excluding hydrogens is 230 g/mol. The first-order chi connectivity index (χ1) is 9.31. The fourth-order valence-electron chi connectivity index (χ4n) is 3.20. The fraction of sp³-hybridized carbons (Fsp3) is 0.667. The van der Waals surface area contributed by atoms with Crippen molar-refractivity contribution in [3.8, 4) is 0 Å². The van der Waals surface area contributed by atoms with E-state index in [0.717, 1.165) is 5.92 Å². The van der Waals surface area contributed by atoms with Crippen LogP contribution in [0.5, 0.6) is 0 Å². The molecule has 0 N–H and O–H groups in total. The Kier molecular flexibility index (Phi) is 5.45. The summed E-state index contributed by atoms with van der Waals surface area (Å²) in [4.78, 5) is 2.62. The molecule has 1 aliphatic carbocycles. The van der Waals surface area contributed by atoms with Gasteiger partial charge in [0.1, 0.15) is 0 Å². The number of hydrogen-bond donors (Lipinski definition) is 0. The minimum absolute atomic E-state index is 0.936. The standard InChI is InChI=1S/C16H23N.C2H6/c1-13-7-9-17(10-8-13)12-14-5-6-15-3-2-4-16(15)11-14;1-2/h5-6,11,13H,2-4,7-10,12H2,1H3;1-2H3. The number of rotatable bonds is 2. The maximum atomic E-state index is 2.62.